The number of halogens is 2. The van der Waals surface area contributed by atoms with E-state index >= 15 is 0 Å². The summed E-state index contributed by atoms with van der Waals surface area (Å²) in [6.45, 7) is 2.37. The van der Waals surface area contributed by atoms with E-state index in [1.807, 2.05) is 29.5 Å². The zero-order chi connectivity index (χ0) is 14.3. The Balaban J connectivity index is 2.81. The van der Waals surface area contributed by atoms with Crippen LogP contribution in [-0.4, -0.2) is 18.2 Å². The molecule has 0 bridgehead atoms. The maximum atomic E-state index is 13.3. The lowest BCUT2D eigenvalue weighted by Gasteiger charge is -2.05. The van der Waals surface area contributed by atoms with Crippen molar-refractivity contribution < 1.29 is 9.18 Å². The first kappa shape index (κ1) is 15.4. The van der Waals surface area contributed by atoms with E-state index in [0.717, 1.165) is 6.42 Å². The molecule has 0 fully saturated rings. The van der Waals surface area contributed by atoms with E-state index < -0.39 is 11.7 Å². The average Bonchev–Trinajstić information content (AvgIpc) is 2.41. The van der Waals surface area contributed by atoms with E-state index in [-0.39, 0.29) is 5.71 Å². The number of anilines is 1. The Morgan fingerprint density at radius 2 is 2.32 bits per heavy atom. The number of benzene rings is 1. The molecule has 19 heavy (non-hydrogen) atoms. The molecule has 0 saturated heterocycles. The van der Waals surface area contributed by atoms with Crippen LogP contribution in [0.1, 0.15) is 13.3 Å². The van der Waals surface area contributed by atoms with Crippen molar-refractivity contribution in [3.63, 3.8) is 0 Å². The van der Waals surface area contributed by atoms with Crippen molar-refractivity contribution in [2.45, 2.75) is 13.3 Å². The van der Waals surface area contributed by atoms with Gasteiger partial charge in [0.15, 0.2) is 0 Å². The van der Waals surface area contributed by atoms with Gasteiger partial charge in [-0.25, -0.2) is 4.39 Å². The molecule has 1 amide bonds. The summed E-state index contributed by atoms with van der Waals surface area (Å²) in [5, 5.41) is 15.1. The van der Waals surface area contributed by atoms with Gasteiger partial charge in [-0.05, 0) is 41.1 Å². The topological polar surface area (TPSA) is 77.3 Å². The normalized spacial score (nSPS) is 10.7. The van der Waals surface area contributed by atoms with Crippen molar-refractivity contribution in [3.8, 4) is 6.07 Å². The third kappa shape index (κ3) is 4.48. The second-order valence-corrected chi connectivity index (χ2v) is 4.62. The minimum atomic E-state index is -0.553. The van der Waals surface area contributed by atoms with Crippen molar-refractivity contribution in [2.24, 2.45) is 5.10 Å². The Morgan fingerprint density at radius 3 is 2.95 bits per heavy atom. The van der Waals surface area contributed by atoms with Crippen LogP contribution in [-0.2, 0) is 4.79 Å². The number of hydrazone groups is 1. The molecule has 0 saturated carbocycles. The summed E-state index contributed by atoms with van der Waals surface area (Å²) >= 11 is 1.81. The van der Waals surface area contributed by atoms with E-state index in [0.29, 0.717) is 15.8 Å². The van der Waals surface area contributed by atoms with E-state index in [2.05, 4.69) is 15.8 Å². The fourth-order valence-electron chi connectivity index (χ4n) is 1.16. The van der Waals surface area contributed by atoms with Crippen LogP contribution in [0.5, 0.6) is 0 Å². The molecule has 2 N–H and O–H groups in total. The van der Waals surface area contributed by atoms with Gasteiger partial charge in [0.25, 0.3) is 5.91 Å². The molecule has 1 rings (SSSR count). The summed E-state index contributed by atoms with van der Waals surface area (Å²) < 4.78 is 13.6. The molecule has 0 atom stereocenters. The Hall–Kier alpha value is -1.69. The summed E-state index contributed by atoms with van der Waals surface area (Å²) in [4.78, 5) is 11.5. The van der Waals surface area contributed by atoms with Crippen LogP contribution in [0.2, 0.25) is 0 Å². The Labute approximate surface area is 124 Å². The number of carbonyl (C=O) groups excluding carboxylic acids is 1. The number of hydrogen-bond donors (Lipinski definition) is 2. The van der Waals surface area contributed by atoms with Gasteiger partial charge < -0.3 is 5.32 Å². The fraction of sp³-hybridized carbons (Fsp3) is 0.250. The molecule has 0 aliphatic rings. The quantitative estimate of drug-likeness (QED) is 0.472. The molecule has 0 aliphatic carbocycles. The minimum Gasteiger partial charge on any atom is -0.350 e. The van der Waals surface area contributed by atoms with Gasteiger partial charge in [-0.2, -0.15) is 10.4 Å². The summed E-state index contributed by atoms with van der Waals surface area (Å²) in [5.74, 6) is -0.946. The molecular formula is C12H12FIN4O. The van der Waals surface area contributed by atoms with Crippen LogP contribution in [0.4, 0.5) is 10.1 Å². The van der Waals surface area contributed by atoms with Crippen LogP contribution in [0.3, 0.4) is 0 Å². The van der Waals surface area contributed by atoms with Gasteiger partial charge in [-0.15, -0.1) is 0 Å². The molecule has 0 heterocycles. The number of nitriles is 1. The van der Waals surface area contributed by atoms with Gasteiger partial charge in [0.1, 0.15) is 11.9 Å². The lowest BCUT2D eigenvalue weighted by Crippen LogP contribution is -2.31. The second kappa shape index (κ2) is 7.68. The number of amides is 1. The first-order chi connectivity index (χ1) is 9.10. The SMILES string of the molecule is CCCNC(=O)/C(C#N)=N/Nc1cccc(F)c1I. The molecule has 0 radical (unpaired) electrons. The van der Waals surface area contributed by atoms with Crippen molar-refractivity contribution in [1.29, 1.82) is 5.26 Å². The lowest BCUT2D eigenvalue weighted by atomic mass is 10.3. The predicted octanol–water partition coefficient (Wildman–Crippen LogP) is 2.25. The number of carbonyl (C=O) groups is 1. The van der Waals surface area contributed by atoms with E-state index in [4.69, 9.17) is 5.26 Å². The van der Waals surface area contributed by atoms with Crippen LogP contribution in [0, 0.1) is 20.7 Å². The largest absolute Gasteiger partial charge is 0.350 e. The highest BCUT2D eigenvalue weighted by atomic mass is 127. The third-order valence-electron chi connectivity index (χ3n) is 2.10. The third-order valence-corrected chi connectivity index (χ3v) is 3.19. The number of rotatable bonds is 5. The molecule has 1 aromatic carbocycles. The van der Waals surface area contributed by atoms with Crippen LogP contribution < -0.4 is 10.7 Å². The highest BCUT2D eigenvalue weighted by Gasteiger charge is 2.10. The highest BCUT2D eigenvalue weighted by Crippen LogP contribution is 2.20. The summed E-state index contributed by atoms with van der Waals surface area (Å²) in [6.07, 6.45) is 0.764. The Kier molecular flexibility index (Phi) is 6.21. The average molecular weight is 374 g/mol. The predicted molar refractivity (Wildman–Crippen MR) is 79.1 cm³/mol. The molecular weight excluding hydrogens is 362 g/mol. The van der Waals surface area contributed by atoms with Crippen LogP contribution >= 0.6 is 22.6 Å². The van der Waals surface area contributed by atoms with Gasteiger partial charge in [-0.1, -0.05) is 13.0 Å². The zero-order valence-electron chi connectivity index (χ0n) is 10.2. The van der Waals surface area contributed by atoms with E-state index in [1.54, 1.807) is 12.1 Å². The first-order valence-electron chi connectivity index (χ1n) is 5.56. The van der Waals surface area contributed by atoms with Crippen molar-refractivity contribution in [2.75, 3.05) is 12.0 Å². The number of nitrogens with zero attached hydrogens (tertiary/aromatic N) is 2. The highest BCUT2D eigenvalue weighted by molar-refractivity contribution is 14.1. The molecule has 0 aromatic heterocycles. The standard InChI is InChI=1S/C12H12FIN4O/c1-2-6-16-12(19)10(7-15)18-17-9-5-3-4-8(13)11(9)14/h3-5,17H,2,6H2,1H3,(H,16,19)/b18-10+. The molecule has 5 nitrogen and oxygen atoms in total. The number of nitrogens with one attached hydrogen (secondary N) is 2. The molecule has 0 unspecified atom stereocenters. The first-order valence-corrected chi connectivity index (χ1v) is 6.64. The van der Waals surface area contributed by atoms with Crippen LogP contribution in [0.25, 0.3) is 0 Å². The summed E-state index contributed by atoms with van der Waals surface area (Å²) in [7, 11) is 0. The smallest absolute Gasteiger partial charge is 0.282 e. The molecule has 0 spiro atoms. The Morgan fingerprint density at radius 1 is 1.58 bits per heavy atom. The summed E-state index contributed by atoms with van der Waals surface area (Å²) in [6, 6.07) is 6.13. The van der Waals surface area contributed by atoms with Gasteiger partial charge in [-0.3, -0.25) is 10.2 Å². The maximum absolute atomic E-state index is 13.3. The van der Waals surface area contributed by atoms with Crippen molar-refractivity contribution >= 4 is 39.9 Å². The fourth-order valence-corrected chi connectivity index (χ4v) is 1.64. The van der Waals surface area contributed by atoms with Crippen molar-refractivity contribution in [3.05, 3.63) is 27.6 Å². The second-order valence-electron chi connectivity index (χ2n) is 3.54. The van der Waals surface area contributed by atoms with Gasteiger partial charge in [0, 0.05) is 6.54 Å². The van der Waals surface area contributed by atoms with Gasteiger partial charge >= 0.3 is 0 Å². The molecule has 1 aromatic rings. The van der Waals surface area contributed by atoms with Crippen LogP contribution in [0.15, 0.2) is 23.3 Å². The Bertz CT molecular complexity index is 539. The van der Waals surface area contributed by atoms with E-state index in [9.17, 15) is 9.18 Å². The monoisotopic (exact) mass is 374 g/mol. The minimum absolute atomic E-state index is 0.298. The maximum Gasteiger partial charge on any atom is 0.282 e. The number of hydrogen-bond acceptors (Lipinski definition) is 4. The van der Waals surface area contributed by atoms with Gasteiger partial charge in [0.05, 0.1) is 9.26 Å². The zero-order valence-corrected chi connectivity index (χ0v) is 12.4. The van der Waals surface area contributed by atoms with Crippen molar-refractivity contribution in [1.82, 2.24) is 5.32 Å². The molecule has 7 heteroatoms. The molecule has 0 aliphatic heterocycles. The summed E-state index contributed by atoms with van der Waals surface area (Å²) in [5.41, 5.74) is 2.62. The molecule has 100 valence electrons. The lowest BCUT2D eigenvalue weighted by molar-refractivity contribution is -0.114. The van der Waals surface area contributed by atoms with Gasteiger partial charge in [0.2, 0.25) is 5.71 Å². The van der Waals surface area contributed by atoms with E-state index in [1.165, 1.54) is 12.1 Å².